The van der Waals surface area contributed by atoms with E-state index in [1.54, 1.807) is 38.3 Å². The van der Waals surface area contributed by atoms with Crippen LogP contribution in [0.3, 0.4) is 0 Å². The van der Waals surface area contributed by atoms with E-state index in [0.717, 1.165) is 0 Å². The van der Waals surface area contributed by atoms with E-state index in [0.29, 0.717) is 4.88 Å². The fourth-order valence-electron chi connectivity index (χ4n) is 1.35. The Balaban J connectivity index is 2.69. The van der Waals surface area contributed by atoms with Crippen LogP contribution in [0.1, 0.15) is 38.0 Å². The molecule has 0 aromatic carbocycles. The third-order valence-electron chi connectivity index (χ3n) is 1.98. The molecule has 1 heterocycles. The van der Waals surface area contributed by atoms with Crippen molar-refractivity contribution < 1.29 is 19.4 Å². The molecule has 0 radical (unpaired) electrons. The van der Waals surface area contributed by atoms with E-state index in [-0.39, 0.29) is 6.42 Å². The van der Waals surface area contributed by atoms with Crippen LogP contribution >= 0.6 is 11.3 Å². The van der Waals surface area contributed by atoms with Crippen molar-refractivity contribution in [2.75, 3.05) is 0 Å². The number of ether oxygens (including phenoxy) is 1. The maximum atomic E-state index is 11.6. The number of hydrogen-bond acceptors (Lipinski definition) is 4. The molecular weight excluding hydrogens is 240 g/mol. The summed E-state index contributed by atoms with van der Waals surface area (Å²) < 4.78 is 5.12. The number of carbonyl (C=O) groups excluding carboxylic acids is 1. The molecule has 0 aliphatic rings. The molecule has 0 aliphatic heterocycles. The molecule has 0 bridgehead atoms. The number of aliphatic carboxylic acids is 1. The topological polar surface area (TPSA) is 63.6 Å². The number of esters is 1. The first-order valence-electron chi connectivity index (χ1n) is 5.27. The predicted octanol–water partition coefficient (Wildman–Crippen LogP) is 2.65. The lowest BCUT2D eigenvalue weighted by molar-refractivity contribution is -0.158. The zero-order valence-corrected chi connectivity index (χ0v) is 10.9. The highest BCUT2D eigenvalue weighted by molar-refractivity contribution is 7.10. The molecule has 1 rings (SSSR count). The molecule has 1 aromatic rings. The highest BCUT2D eigenvalue weighted by Gasteiger charge is 2.27. The van der Waals surface area contributed by atoms with Crippen LogP contribution in [-0.2, 0) is 14.3 Å². The quantitative estimate of drug-likeness (QED) is 0.841. The van der Waals surface area contributed by atoms with E-state index < -0.39 is 23.5 Å². The Bertz CT molecular complexity index is 389. The minimum atomic E-state index is -1.00. The Labute approximate surface area is 104 Å². The van der Waals surface area contributed by atoms with Gasteiger partial charge in [-0.25, -0.2) is 0 Å². The van der Waals surface area contributed by atoms with E-state index in [4.69, 9.17) is 9.84 Å². The van der Waals surface area contributed by atoms with Crippen molar-refractivity contribution >= 4 is 23.3 Å². The van der Waals surface area contributed by atoms with Gasteiger partial charge in [-0.3, -0.25) is 9.59 Å². The molecule has 0 spiro atoms. The van der Waals surface area contributed by atoms with Gasteiger partial charge in [-0.1, -0.05) is 6.07 Å². The largest absolute Gasteiger partial charge is 0.481 e. The summed E-state index contributed by atoms with van der Waals surface area (Å²) in [6, 6.07) is 3.48. The minimum absolute atomic E-state index is 0.132. The number of carboxylic acids is 1. The van der Waals surface area contributed by atoms with Crippen molar-refractivity contribution in [2.45, 2.75) is 38.7 Å². The fourth-order valence-corrected chi connectivity index (χ4v) is 2.17. The van der Waals surface area contributed by atoms with Gasteiger partial charge in [0.15, 0.2) is 0 Å². The second kappa shape index (κ2) is 5.31. The summed E-state index contributed by atoms with van der Waals surface area (Å²) in [6.45, 7) is 5.27. The molecule has 0 fully saturated rings. The molecule has 4 nitrogen and oxygen atoms in total. The lowest BCUT2D eigenvalue weighted by Crippen LogP contribution is -2.26. The summed E-state index contributed by atoms with van der Waals surface area (Å²) in [5.41, 5.74) is -0.588. The number of thiophene rings is 1. The van der Waals surface area contributed by atoms with E-state index in [1.165, 1.54) is 11.3 Å². The Hall–Kier alpha value is -1.36. The van der Waals surface area contributed by atoms with Gasteiger partial charge in [0.05, 0.1) is 6.42 Å². The van der Waals surface area contributed by atoms with Crippen LogP contribution in [0.2, 0.25) is 0 Å². The maximum Gasteiger partial charge on any atom is 0.312 e. The molecule has 0 amide bonds. The number of hydrogen-bond donors (Lipinski definition) is 1. The number of carbonyl (C=O) groups is 2. The van der Waals surface area contributed by atoms with Crippen molar-refractivity contribution in [2.24, 2.45) is 0 Å². The van der Waals surface area contributed by atoms with E-state index in [1.807, 2.05) is 0 Å². The van der Waals surface area contributed by atoms with Crippen LogP contribution in [0.5, 0.6) is 0 Å². The normalized spacial score (nSPS) is 13.1. The first-order chi connectivity index (χ1) is 7.79. The molecule has 1 atom stereocenters. The lowest BCUT2D eigenvalue weighted by atomic mass is 10.0. The van der Waals surface area contributed by atoms with Crippen molar-refractivity contribution in [1.82, 2.24) is 0 Å². The Morgan fingerprint density at radius 2 is 2.12 bits per heavy atom. The van der Waals surface area contributed by atoms with Crippen LogP contribution < -0.4 is 0 Å². The van der Waals surface area contributed by atoms with Crippen molar-refractivity contribution in [3.05, 3.63) is 22.4 Å². The second-order valence-corrected chi connectivity index (χ2v) is 5.68. The van der Waals surface area contributed by atoms with Gasteiger partial charge in [0.1, 0.15) is 11.5 Å². The lowest BCUT2D eigenvalue weighted by Gasteiger charge is -2.20. The smallest absolute Gasteiger partial charge is 0.312 e. The summed E-state index contributed by atoms with van der Waals surface area (Å²) >= 11 is 1.33. The molecule has 0 saturated carbocycles. The van der Waals surface area contributed by atoms with Gasteiger partial charge in [-0.2, -0.15) is 0 Å². The van der Waals surface area contributed by atoms with Crippen LogP contribution in [0.15, 0.2) is 17.5 Å². The first kappa shape index (κ1) is 13.7. The predicted molar refractivity (Wildman–Crippen MR) is 65.2 cm³/mol. The van der Waals surface area contributed by atoms with E-state index >= 15 is 0 Å². The summed E-state index contributed by atoms with van der Waals surface area (Å²) in [5.74, 6) is -2.30. The van der Waals surface area contributed by atoms with Crippen molar-refractivity contribution in [1.29, 1.82) is 0 Å². The van der Waals surface area contributed by atoms with E-state index in [9.17, 15) is 9.59 Å². The van der Waals surface area contributed by atoms with Gasteiger partial charge in [0, 0.05) is 4.88 Å². The summed E-state index contributed by atoms with van der Waals surface area (Å²) in [5, 5.41) is 10.9. The summed E-state index contributed by atoms with van der Waals surface area (Å²) in [7, 11) is 0. The molecule has 0 saturated heterocycles. The highest BCUT2D eigenvalue weighted by Crippen LogP contribution is 2.26. The Morgan fingerprint density at radius 3 is 2.53 bits per heavy atom. The SMILES string of the molecule is CC(C)(C)OC(=O)CC(C(=O)O)c1cccs1. The van der Waals surface area contributed by atoms with Gasteiger partial charge in [0.2, 0.25) is 0 Å². The third-order valence-corrected chi connectivity index (χ3v) is 2.96. The summed E-state index contributed by atoms with van der Waals surface area (Å²) in [4.78, 5) is 23.4. The molecular formula is C12H16O4S. The van der Waals surface area contributed by atoms with Crippen molar-refractivity contribution in [3.8, 4) is 0 Å². The van der Waals surface area contributed by atoms with Gasteiger partial charge < -0.3 is 9.84 Å². The average molecular weight is 256 g/mol. The summed E-state index contributed by atoms with van der Waals surface area (Å²) in [6.07, 6.45) is -0.132. The second-order valence-electron chi connectivity index (χ2n) is 4.70. The fraction of sp³-hybridized carbons (Fsp3) is 0.500. The minimum Gasteiger partial charge on any atom is -0.481 e. The maximum absolute atomic E-state index is 11.6. The molecule has 1 unspecified atom stereocenters. The average Bonchev–Trinajstić information content (AvgIpc) is 2.63. The molecule has 1 N–H and O–H groups in total. The molecule has 1 aromatic heterocycles. The van der Waals surface area contributed by atoms with Crippen LogP contribution in [0, 0.1) is 0 Å². The van der Waals surface area contributed by atoms with Crippen LogP contribution in [-0.4, -0.2) is 22.6 Å². The molecule has 5 heteroatoms. The first-order valence-corrected chi connectivity index (χ1v) is 6.15. The Morgan fingerprint density at radius 1 is 1.47 bits per heavy atom. The van der Waals surface area contributed by atoms with Crippen LogP contribution in [0.4, 0.5) is 0 Å². The Kier molecular flexibility index (Phi) is 4.28. The zero-order valence-electron chi connectivity index (χ0n) is 10.1. The van der Waals surface area contributed by atoms with Crippen molar-refractivity contribution in [3.63, 3.8) is 0 Å². The van der Waals surface area contributed by atoms with E-state index in [2.05, 4.69) is 0 Å². The standard InChI is InChI=1S/C12H16O4S/c1-12(2,3)16-10(13)7-8(11(14)15)9-5-4-6-17-9/h4-6,8H,7H2,1-3H3,(H,14,15). The monoisotopic (exact) mass is 256 g/mol. The molecule has 94 valence electrons. The molecule has 17 heavy (non-hydrogen) atoms. The van der Waals surface area contributed by atoms with Gasteiger partial charge in [-0.05, 0) is 32.2 Å². The number of carboxylic acid groups (broad SMARTS) is 1. The van der Waals surface area contributed by atoms with Crippen LogP contribution in [0.25, 0.3) is 0 Å². The third kappa shape index (κ3) is 4.56. The van der Waals surface area contributed by atoms with Gasteiger partial charge >= 0.3 is 11.9 Å². The number of rotatable bonds is 4. The molecule has 0 aliphatic carbocycles. The zero-order chi connectivity index (χ0) is 13.1. The highest BCUT2D eigenvalue weighted by atomic mass is 32.1. The van der Waals surface area contributed by atoms with Gasteiger partial charge in [0.25, 0.3) is 0 Å². The van der Waals surface area contributed by atoms with Gasteiger partial charge in [-0.15, -0.1) is 11.3 Å².